The predicted molar refractivity (Wildman–Crippen MR) is 61.4 cm³/mol. The number of nitrogens with one attached hydrogen (secondary N) is 1. The molecule has 2 rings (SSSR count). The van der Waals surface area contributed by atoms with Gasteiger partial charge in [0.1, 0.15) is 0 Å². The lowest BCUT2D eigenvalue weighted by molar-refractivity contribution is -0.137. The van der Waals surface area contributed by atoms with Crippen molar-refractivity contribution in [2.24, 2.45) is 5.92 Å². The van der Waals surface area contributed by atoms with Crippen LogP contribution in [0.1, 0.15) is 24.1 Å². The Balaban J connectivity index is 2.26. The lowest BCUT2D eigenvalue weighted by Crippen LogP contribution is -2.41. The highest BCUT2D eigenvalue weighted by Gasteiger charge is 2.33. The third-order valence-corrected chi connectivity index (χ3v) is 3.91. The number of benzene rings is 1. The molecule has 0 bridgehead atoms. The SMILES string of the molecule is C[C@@H]1COS(=O)(=O)N[C@H]1c1ccc(C(F)(F)F)cc1. The van der Waals surface area contributed by atoms with E-state index in [0.29, 0.717) is 5.56 Å². The van der Waals surface area contributed by atoms with Gasteiger partial charge in [-0.3, -0.25) is 4.18 Å². The molecule has 0 radical (unpaired) electrons. The van der Waals surface area contributed by atoms with E-state index in [2.05, 4.69) is 8.91 Å². The van der Waals surface area contributed by atoms with E-state index in [-0.39, 0.29) is 12.5 Å². The second kappa shape index (κ2) is 4.77. The van der Waals surface area contributed by atoms with Gasteiger partial charge in [-0.25, -0.2) is 0 Å². The Morgan fingerprint density at radius 2 is 1.84 bits per heavy atom. The first-order valence-corrected chi connectivity index (χ1v) is 6.94. The van der Waals surface area contributed by atoms with E-state index >= 15 is 0 Å². The summed E-state index contributed by atoms with van der Waals surface area (Å²) in [4.78, 5) is 0. The molecule has 1 fully saturated rings. The van der Waals surface area contributed by atoms with Crippen molar-refractivity contribution >= 4 is 10.3 Å². The Labute approximate surface area is 108 Å². The van der Waals surface area contributed by atoms with Crippen LogP contribution in [0, 0.1) is 5.92 Å². The molecule has 0 unspecified atom stereocenters. The van der Waals surface area contributed by atoms with Crippen molar-refractivity contribution in [1.29, 1.82) is 0 Å². The highest BCUT2D eigenvalue weighted by molar-refractivity contribution is 7.84. The Kier molecular flexibility index (Phi) is 3.59. The van der Waals surface area contributed by atoms with E-state index in [1.807, 2.05) is 0 Å². The van der Waals surface area contributed by atoms with E-state index in [1.165, 1.54) is 12.1 Å². The van der Waals surface area contributed by atoms with Crippen LogP contribution < -0.4 is 4.72 Å². The van der Waals surface area contributed by atoms with Gasteiger partial charge in [0, 0.05) is 5.92 Å². The van der Waals surface area contributed by atoms with Gasteiger partial charge in [0.2, 0.25) is 0 Å². The van der Waals surface area contributed by atoms with E-state index in [1.54, 1.807) is 6.92 Å². The molecule has 8 heteroatoms. The Morgan fingerprint density at radius 3 is 2.37 bits per heavy atom. The molecule has 0 aliphatic carbocycles. The van der Waals surface area contributed by atoms with Crippen LogP contribution in [0.25, 0.3) is 0 Å². The van der Waals surface area contributed by atoms with Crippen LogP contribution in [0.4, 0.5) is 13.2 Å². The monoisotopic (exact) mass is 295 g/mol. The summed E-state index contributed by atoms with van der Waals surface area (Å²) in [5, 5.41) is 0. The van der Waals surface area contributed by atoms with Crippen LogP contribution in [-0.4, -0.2) is 15.0 Å². The summed E-state index contributed by atoms with van der Waals surface area (Å²) in [5.41, 5.74) is -0.286. The standard InChI is InChI=1S/C11H12F3NO3S/c1-7-6-18-19(16,17)15-10(7)8-2-4-9(5-3-8)11(12,13)14/h2-5,7,10,15H,6H2,1H3/t7-,10-/m1/s1. The maximum atomic E-state index is 12.4. The van der Waals surface area contributed by atoms with Crippen LogP contribution in [0.2, 0.25) is 0 Å². The lowest BCUT2D eigenvalue weighted by atomic mass is 9.95. The first kappa shape index (κ1) is 14.3. The van der Waals surface area contributed by atoms with Crippen molar-refractivity contribution in [2.45, 2.75) is 19.1 Å². The highest BCUT2D eigenvalue weighted by atomic mass is 32.2. The Hall–Kier alpha value is -1.12. The first-order valence-electron chi connectivity index (χ1n) is 5.53. The molecular formula is C11H12F3NO3S. The van der Waals surface area contributed by atoms with Crippen LogP contribution in [-0.2, 0) is 20.7 Å². The molecule has 19 heavy (non-hydrogen) atoms. The molecule has 0 saturated carbocycles. The summed E-state index contributed by atoms with van der Waals surface area (Å²) in [6, 6.07) is 3.84. The van der Waals surface area contributed by atoms with Gasteiger partial charge in [0.15, 0.2) is 0 Å². The van der Waals surface area contributed by atoms with Gasteiger partial charge in [0.25, 0.3) is 0 Å². The fraction of sp³-hybridized carbons (Fsp3) is 0.455. The van der Waals surface area contributed by atoms with Crippen molar-refractivity contribution in [1.82, 2.24) is 4.72 Å². The zero-order valence-corrected chi connectivity index (χ0v) is 10.8. The third-order valence-electron chi connectivity index (χ3n) is 2.92. The molecule has 2 atom stereocenters. The smallest absolute Gasteiger partial charge is 0.258 e. The molecule has 1 saturated heterocycles. The van der Waals surface area contributed by atoms with Crippen LogP contribution in [0.3, 0.4) is 0 Å². The molecule has 1 aliphatic heterocycles. The van der Waals surface area contributed by atoms with E-state index in [4.69, 9.17) is 0 Å². The highest BCUT2D eigenvalue weighted by Crippen LogP contribution is 2.32. The molecular weight excluding hydrogens is 283 g/mol. The van der Waals surface area contributed by atoms with Gasteiger partial charge in [-0.1, -0.05) is 19.1 Å². The average molecular weight is 295 g/mol. The second-order valence-corrected chi connectivity index (χ2v) is 5.81. The minimum Gasteiger partial charge on any atom is -0.258 e. The molecule has 106 valence electrons. The minimum atomic E-state index is -4.40. The van der Waals surface area contributed by atoms with Crippen molar-refractivity contribution < 1.29 is 25.8 Å². The zero-order valence-electron chi connectivity index (χ0n) is 9.94. The summed E-state index contributed by atoms with van der Waals surface area (Å²) in [7, 11) is -3.82. The topological polar surface area (TPSA) is 55.4 Å². The number of hydrogen-bond acceptors (Lipinski definition) is 3. The summed E-state index contributed by atoms with van der Waals surface area (Å²) in [5.74, 6) is -0.166. The van der Waals surface area contributed by atoms with Crippen LogP contribution in [0.5, 0.6) is 0 Å². The number of hydrogen-bond donors (Lipinski definition) is 1. The van der Waals surface area contributed by atoms with E-state index in [9.17, 15) is 21.6 Å². The Bertz CT molecular complexity index is 554. The van der Waals surface area contributed by atoms with Crippen molar-refractivity contribution in [3.8, 4) is 0 Å². The second-order valence-electron chi connectivity index (χ2n) is 4.43. The largest absolute Gasteiger partial charge is 0.416 e. The maximum absolute atomic E-state index is 12.4. The van der Waals surface area contributed by atoms with Gasteiger partial charge in [-0.2, -0.15) is 26.3 Å². The number of alkyl halides is 3. The van der Waals surface area contributed by atoms with Gasteiger partial charge < -0.3 is 0 Å². The molecule has 1 N–H and O–H groups in total. The summed E-state index contributed by atoms with van der Waals surface area (Å²) < 4.78 is 66.7. The molecule has 1 heterocycles. The first-order chi connectivity index (χ1) is 8.69. The Morgan fingerprint density at radius 1 is 1.26 bits per heavy atom. The molecule has 0 spiro atoms. The van der Waals surface area contributed by atoms with Crippen molar-refractivity contribution in [3.05, 3.63) is 35.4 Å². The number of halogens is 3. The summed E-state index contributed by atoms with van der Waals surface area (Å²) in [6.07, 6.45) is -4.40. The van der Waals surface area contributed by atoms with Gasteiger partial charge in [-0.05, 0) is 17.7 Å². The molecule has 1 aliphatic rings. The zero-order chi connectivity index (χ0) is 14.3. The van der Waals surface area contributed by atoms with Crippen LogP contribution in [0.15, 0.2) is 24.3 Å². The number of rotatable bonds is 1. The normalized spacial score (nSPS) is 27.2. The lowest BCUT2D eigenvalue weighted by Gasteiger charge is -2.29. The third kappa shape index (κ3) is 3.26. The summed E-state index contributed by atoms with van der Waals surface area (Å²) in [6.45, 7) is 1.75. The molecule has 1 aromatic rings. The molecule has 4 nitrogen and oxygen atoms in total. The van der Waals surface area contributed by atoms with E-state index in [0.717, 1.165) is 12.1 Å². The maximum Gasteiger partial charge on any atom is 0.416 e. The predicted octanol–water partition coefficient (Wildman–Crippen LogP) is 2.25. The minimum absolute atomic E-state index is 0.00101. The quantitative estimate of drug-likeness (QED) is 0.864. The molecule has 1 aromatic carbocycles. The average Bonchev–Trinajstić information content (AvgIpc) is 2.31. The fourth-order valence-electron chi connectivity index (χ4n) is 1.87. The van der Waals surface area contributed by atoms with Crippen LogP contribution >= 0.6 is 0 Å². The van der Waals surface area contributed by atoms with E-state index < -0.39 is 28.1 Å². The molecule has 0 aromatic heterocycles. The molecule has 0 amide bonds. The van der Waals surface area contributed by atoms with Crippen molar-refractivity contribution in [2.75, 3.05) is 6.61 Å². The van der Waals surface area contributed by atoms with Gasteiger partial charge in [0.05, 0.1) is 18.2 Å². The summed E-state index contributed by atoms with van der Waals surface area (Å²) >= 11 is 0. The van der Waals surface area contributed by atoms with Crippen molar-refractivity contribution in [3.63, 3.8) is 0 Å². The van der Waals surface area contributed by atoms with Gasteiger partial charge >= 0.3 is 16.5 Å². The van der Waals surface area contributed by atoms with Gasteiger partial charge in [-0.15, -0.1) is 0 Å². The fourth-order valence-corrected chi connectivity index (χ4v) is 3.02.